The minimum atomic E-state index is -0.169. The van der Waals surface area contributed by atoms with Gasteiger partial charge in [0.15, 0.2) is 5.82 Å². The number of anilines is 1. The molecule has 1 aromatic heterocycles. The molecule has 1 unspecified atom stereocenters. The maximum absolute atomic E-state index is 13.4. The lowest BCUT2D eigenvalue weighted by Crippen LogP contribution is -2.40. The van der Waals surface area contributed by atoms with Crippen LogP contribution in [0.4, 0.5) is 5.82 Å². The molecule has 1 saturated heterocycles. The molecule has 3 heterocycles. The molecule has 2 amide bonds. The molecule has 0 radical (unpaired) electrons. The number of hydrogen-bond acceptors (Lipinski definition) is 6. The second-order valence-electron chi connectivity index (χ2n) is 8.66. The Morgan fingerprint density at radius 3 is 2.69 bits per heavy atom. The van der Waals surface area contributed by atoms with E-state index >= 15 is 0 Å². The molecule has 1 aromatic carbocycles. The molecule has 8 nitrogen and oxygen atoms in total. The first-order valence-corrected chi connectivity index (χ1v) is 11.2. The molecule has 2 aliphatic heterocycles. The van der Waals surface area contributed by atoms with Crippen LogP contribution in [0.1, 0.15) is 59.7 Å². The smallest absolute Gasteiger partial charge is 0.254 e. The number of ether oxygens (including phenoxy) is 1. The summed E-state index contributed by atoms with van der Waals surface area (Å²) in [4.78, 5) is 40.9. The van der Waals surface area contributed by atoms with Gasteiger partial charge in [-0.1, -0.05) is 6.07 Å². The Morgan fingerprint density at radius 1 is 1.16 bits per heavy atom. The van der Waals surface area contributed by atoms with Crippen LogP contribution in [-0.2, 0) is 17.8 Å². The van der Waals surface area contributed by atoms with Gasteiger partial charge in [-0.2, -0.15) is 0 Å². The molecule has 1 atom stereocenters. The SMILES string of the molecule is COc1cccc(C(=O)N2CCCCC2c2nc3c(c(N(C)C)n2)CN(C(C)=O)CC3)c1. The van der Waals surface area contributed by atoms with Crippen molar-refractivity contribution < 1.29 is 14.3 Å². The summed E-state index contributed by atoms with van der Waals surface area (Å²) in [5, 5.41) is 0. The molecule has 0 spiro atoms. The van der Waals surface area contributed by atoms with Gasteiger partial charge in [-0.25, -0.2) is 9.97 Å². The first-order valence-electron chi connectivity index (χ1n) is 11.2. The number of carbonyl (C=O) groups is 2. The molecule has 2 aliphatic rings. The van der Waals surface area contributed by atoms with Gasteiger partial charge in [0.1, 0.15) is 11.6 Å². The van der Waals surface area contributed by atoms with E-state index in [1.54, 1.807) is 20.1 Å². The molecule has 0 N–H and O–H groups in total. The Labute approximate surface area is 189 Å². The van der Waals surface area contributed by atoms with Crippen LogP contribution < -0.4 is 9.64 Å². The summed E-state index contributed by atoms with van der Waals surface area (Å²) in [5.41, 5.74) is 2.59. The summed E-state index contributed by atoms with van der Waals surface area (Å²) in [6, 6.07) is 7.11. The Balaban J connectivity index is 1.70. The van der Waals surface area contributed by atoms with Gasteiger partial charge in [0.2, 0.25) is 5.91 Å². The van der Waals surface area contributed by atoms with Crippen LogP contribution in [0.5, 0.6) is 5.75 Å². The summed E-state index contributed by atoms with van der Waals surface area (Å²) in [5.74, 6) is 2.23. The fraction of sp³-hybridized carbons (Fsp3) is 0.500. The Kier molecular flexibility index (Phi) is 6.30. The third kappa shape index (κ3) is 4.26. The van der Waals surface area contributed by atoms with Gasteiger partial charge >= 0.3 is 0 Å². The monoisotopic (exact) mass is 437 g/mol. The molecular weight excluding hydrogens is 406 g/mol. The van der Waals surface area contributed by atoms with Crippen LogP contribution >= 0.6 is 0 Å². The van der Waals surface area contributed by atoms with Gasteiger partial charge in [-0.15, -0.1) is 0 Å². The van der Waals surface area contributed by atoms with E-state index in [1.807, 2.05) is 47.0 Å². The number of rotatable bonds is 4. The molecule has 0 bridgehead atoms. The molecule has 32 heavy (non-hydrogen) atoms. The highest BCUT2D eigenvalue weighted by Gasteiger charge is 2.33. The molecular formula is C24H31N5O3. The number of hydrogen-bond donors (Lipinski definition) is 0. The van der Waals surface area contributed by atoms with Crippen molar-refractivity contribution in [1.29, 1.82) is 0 Å². The minimum Gasteiger partial charge on any atom is -0.497 e. The lowest BCUT2D eigenvalue weighted by atomic mass is 9.98. The van der Waals surface area contributed by atoms with Crippen molar-refractivity contribution in [3.8, 4) is 5.75 Å². The third-order valence-corrected chi connectivity index (χ3v) is 6.30. The van der Waals surface area contributed by atoms with Gasteiger partial charge < -0.3 is 19.4 Å². The van der Waals surface area contributed by atoms with Gasteiger partial charge in [-0.05, 0) is 37.5 Å². The van der Waals surface area contributed by atoms with E-state index in [2.05, 4.69) is 0 Å². The second-order valence-corrected chi connectivity index (χ2v) is 8.66. The Morgan fingerprint density at radius 2 is 1.97 bits per heavy atom. The van der Waals surface area contributed by atoms with E-state index in [0.717, 1.165) is 36.3 Å². The normalized spacial score (nSPS) is 18.2. The Bertz CT molecular complexity index is 1020. The number of amides is 2. The summed E-state index contributed by atoms with van der Waals surface area (Å²) in [6.45, 7) is 3.45. The van der Waals surface area contributed by atoms with E-state index in [4.69, 9.17) is 14.7 Å². The summed E-state index contributed by atoms with van der Waals surface area (Å²) in [6.07, 6.45) is 3.52. The minimum absolute atomic E-state index is 0.0240. The Hall–Kier alpha value is -3.16. The average molecular weight is 438 g/mol. The third-order valence-electron chi connectivity index (χ3n) is 6.30. The maximum Gasteiger partial charge on any atom is 0.254 e. The average Bonchev–Trinajstić information content (AvgIpc) is 2.82. The van der Waals surface area contributed by atoms with Crippen molar-refractivity contribution in [2.45, 2.75) is 45.2 Å². The highest BCUT2D eigenvalue weighted by molar-refractivity contribution is 5.95. The predicted molar refractivity (Wildman–Crippen MR) is 122 cm³/mol. The number of aromatic nitrogens is 2. The molecule has 8 heteroatoms. The summed E-state index contributed by atoms with van der Waals surface area (Å²) >= 11 is 0. The predicted octanol–water partition coefficient (Wildman–Crippen LogP) is 2.82. The zero-order valence-electron chi connectivity index (χ0n) is 19.3. The van der Waals surface area contributed by atoms with Crippen LogP contribution in [0.3, 0.4) is 0 Å². The molecule has 0 aliphatic carbocycles. The number of methoxy groups -OCH3 is 1. The van der Waals surface area contributed by atoms with Crippen molar-refractivity contribution in [2.75, 3.05) is 39.2 Å². The summed E-state index contributed by atoms with van der Waals surface area (Å²) in [7, 11) is 5.52. The van der Waals surface area contributed by atoms with E-state index in [-0.39, 0.29) is 17.9 Å². The number of piperidine rings is 1. The highest BCUT2D eigenvalue weighted by atomic mass is 16.5. The zero-order valence-corrected chi connectivity index (χ0v) is 19.3. The number of likely N-dealkylation sites (tertiary alicyclic amines) is 1. The van der Waals surface area contributed by atoms with Crippen LogP contribution in [0.2, 0.25) is 0 Å². The molecule has 4 rings (SSSR count). The number of carbonyl (C=O) groups excluding carboxylic acids is 2. The van der Waals surface area contributed by atoms with Gasteiger partial charge in [0.05, 0.1) is 25.4 Å². The molecule has 170 valence electrons. The van der Waals surface area contributed by atoms with E-state index < -0.39 is 0 Å². The van der Waals surface area contributed by atoms with Gasteiger partial charge in [0.25, 0.3) is 5.91 Å². The van der Waals surface area contributed by atoms with Gasteiger partial charge in [-0.3, -0.25) is 9.59 Å². The van der Waals surface area contributed by atoms with Crippen LogP contribution in [0.15, 0.2) is 24.3 Å². The fourth-order valence-electron chi connectivity index (χ4n) is 4.57. The first-order chi connectivity index (χ1) is 15.4. The largest absolute Gasteiger partial charge is 0.497 e. The number of fused-ring (bicyclic) bond motifs is 1. The second kappa shape index (κ2) is 9.14. The maximum atomic E-state index is 13.4. The van der Waals surface area contributed by atoms with E-state index in [0.29, 0.717) is 43.2 Å². The molecule has 1 fully saturated rings. The van der Waals surface area contributed by atoms with Crippen molar-refractivity contribution in [3.05, 3.63) is 46.9 Å². The van der Waals surface area contributed by atoms with Crippen LogP contribution in [0.25, 0.3) is 0 Å². The number of nitrogens with zero attached hydrogens (tertiary/aromatic N) is 5. The van der Waals surface area contributed by atoms with Crippen molar-refractivity contribution in [3.63, 3.8) is 0 Å². The molecule has 2 aromatic rings. The van der Waals surface area contributed by atoms with Crippen LogP contribution in [-0.4, -0.2) is 65.9 Å². The van der Waals surface area contributed by atoms with E-state index in [1.165, 1.54) is 0 Å². The molecule has 0 saturated carbocycles. The number of benzene rings is 1. The van der Waals surface area contributed by atoms with Gasteiger partial charge in [0, 0.05) is 51.7 Å². The van der Waals surface area contributed by atoms with Crippen LogP contribution in [0, 0.1) is 0 Å². The first kappa shape index (κ1) is 22.0. The lowest BCUT2D eigenvalue weighted by molar-refractivity contribution is -0.129. The fourth-order valence-corrected chi connectivity index (χ4v) is 4.57. The van der Waals surface area contributed by atoms with Crippen molar-refractivity contribution in [1.82, 2.24) is 19.8 Å². The zero-order chi connectivity index (χ0) is 22.8. The topological polar surface area (TPSA) is 78.9 Å². The highest BCUT2D eigenvalue weighted by Crippen LogP contribution is 2.34. The lowest BCUT2D eigenvalue weighted by Gasteiger charge is -2.36. The quantitative estimate of drug-likeness (QED) is 0.732. The van der Waals surface area contributed by atoms with E-state index in [9.17, 15) is 9.59 Å². The van der Waals surface area contributed by atoms with Crippen molar-refractivity contribution >= 4 is 17.6 Å². The van der Waals surface area contributed by atoms with Crippen molar-refractivity contribution in [2.24, 2.45) is 0 Å². The standard InChI is InChI=1S/C24H31N5O3/c1-16(30)28-13-11-20-19(15-28)23(27(2)3)26-22(25-20)21-10-5-6-12-29(21)24(31)17-8-7-9-18(14-17)32-4/h7-9,14,21H,5-6,10-13,15H2,1-4H3. The summed E-state index contributed by atoms with van der Waals surface area (Å²) < 4.78 is 5.30.